The first-order valence-corrected chi connectivity index (χ1v) is 9.63. The van der Waals surface area contributed by atoms with Crippen LogP contribution in [0.25, 0.3) is 0 Å². The van der Waals surface area contributed by atoms with Crippen LogP contribution in [0, 0.1) is 5.92 Å². The van der Waals surface area contributed by atoms with E-state index in [2.05, 4.69) is 10.6 Å². The molecule has 28 heavy (non-hydrogen) atoms. The van der Waals surface area contributed by atoms with Gasteiger partial charge in [-0.1, -0.05) is 43.5 Å². The van der Waals surface area contributed by atoms with E-state index in [1.807, 2.05) is 36.4 Å². The van der Waals surface area contributed by atoms with E-state index in [0.717, 1.165) is 42.5 Å². The van der Waals surface area contributed by atoms with E-state index >= 15 is 0 Å². The molecule has 4 N–H and O–H groups in total. The summed E-state index contributed by atoms with van der Waals surface area (Å²) in [5.74, 6) is 0.102. The van der Waals surface area contributed by atoms with E-state index in [0.29, 0.717) is 18.7 Å². The molecule has 0 atom stereocenters. The van der Waals surface area contributed by atoms with Crippen LogP contribution in [0.5, 0.6) is 0 Å². The second kappa shape index (κ2) is 10.8. The number of nitrogens with two attached hydrogens (primary N) is 1. The van der Waals surface area contributed by atoms with Crippen molar-refractivity contribution in [2.24, 2.45) is 11.7 Å². The monoisotopic (exact) mass is 401 g/mol. The third kappa shape index (κ3) is 6.08. The van der Waals surface area contributed by atoms with Crippen LogP contribution in [0.2, 0.25) is 0 Å². The van der Waals surface area contributed by atoms with Gasteiger partial charge in [0, 0.05) is 30.3 Å². The second-order valence-electron chi connectivity index (χ2n) is 7.11. The predicted molar refractivity (Wildman–Crippen MR) is 114 cm³/mol. The van der Waals surface area contributed by atoms with Crippen molar-refractivity contribution in [1.82, 2.24) is 5.32 Å². The van der Waals surface area contributed by atoms with E-state index in [1.165, 1.54) is 6.42 Å². The van der Waals surface area contributed by atoms with Gasteiger partial charge in [-0.15, -0.1) is 12.4 Å². The molecule has 0 heterocycles. The third-order valence-corrected chi connectivity index (χ3v) is 5.08. The van der Waals surface area contributed by atoms with Crippen molar-refractivity contribution < 1.29 is 9.59 Å². The average Bonchev–Trinajstić information content (AvgIpc) is 2.73. The van der Waals surface area contributed by atoms with Crippen molar-refractivity contribution in [1.29, 1.82) is 0 Å². The fourth-order valence-electron chi connectivity index (χ4n) is 3.44. The van der Waals surface area contributed by atoms with Gasteiger partial charge >= 0.3 is 0 Å². The Morgan fingerprint density at radius 2 is 1.68 bits per heavy atom. The lowest BCUT2D eigenvalue weighted by molar-refractivity contribution is -0.120. The lowest BCUT2D eigenvalue weighted by Gasteiger charge is -2.20. The van der Waals surface area contributed by atoms with Gasteiger partial charge in [-0.05, 0) is 48.2 Å². The van der Waals surface area contributed by atoms with Gasteiger partial charge in [0.2, 0.25) is 5.91 Å². The second-order valence-corrected chi connectivity index (χ2v) is 7.11. The highest BCUT2D eigenvalue weighted by molar-refractivity contribution is 5.94. The molecule has 0 saturated heterocycles. The van der Waals surface area contributed by atoms with E-state index < -0.39 is 0 Å². The molecule has 2 aromatic rings. The molecule has 2 aromatic carbocycles. The quantitative estimate of drug-likeness (QED) is 0.683. The van der Waals surface area contributed by atoms with Gasteiger partial charge in [0.05, 0.1) is 0 Å². The number of nitrogens with one attached hydrogen (secondary N) is 2. The number of hydrogen-bond donors (Lipinski definition) is 3. The summed E-state index contributed by atoms with van der Waals surface area (Å²) in [5, 5.41) is 5.93. The van der Waals surface area contributed by atoms with Gasteiger partial charge in [0.15, 0.2) is 0 Å². The molecule has 1 saturated carbocycles. The van der Waals surface area contributed by atoms with E-state index in [1.54, 1.807) is 12.1 Å². The number of carbonyl (C=O) groups is 2. The molecule has 0 bridgehead atoms. The smallest absolute Gasteiger partial charge is 0.251 e. The summed E-state index contributed by atoms with van der Waals surface area (Å²) in [5.41, 5.74) is 8.90. The normalized spacial score (nSPS) is 14.0. The number of hydrogen-bond acceptors (Lipinski definition) is 3. The number of halogens is 1. The van der Waals surface area contributed by atoms with Crippen molar-refractivity contribution in [3.63, 3.8) is 0 Å². The first-order valence-electron chi connectivity index (χ1n) is 9.63. The molecule has 0 unspecified atom stereocenters. The Morgan fingerprint density at radius 1 is 0.964 bits per heavy atom. The standard InChI is InChI=1S/C22H27N3O2.ClH/c23-14-16-9-11-19(12-10-16)21(26)24-15-17-5-4-8-20(13-17)25-22(27)18-6-2-1-3-7-18;/h4-5,8-13,18H,1-3,6-7,14-15,23H2,(H,24,26)(H,25,27);1H. The summed E-state index contributed by atoms with van der Waals surface area (Å²) < 4.78 is 0. The summed E-state index contributed by atoms with van der Waals surface area (Å²) in [4.78, 5) is 24.7. The van der Waals surface area contributed by atoms with Crippen LogP contribution < -0.4 is 16.4 Å². The molecule has 6 heteroatoms. The van der Waals surface area contributed by atoms with Gasteiger partial charge in [-0.25, -0.2) is 0 Å². The van der Waals surface area contributed by atoms with Crippen molar-refractivity contribution in [2.45, 2.75) is 45.2 Å². The molecular weight excluding hydrogens is 374 g/mol. The van der Waals surface area contributed by atoms with Gasteiger partial charge < -0.3 is 16.4 Å². The Bertz CT molecular complexity index is 787. The van der Waals surface area contributed by atoms with Crippen LogP contribution >= 0.6 is 12.4 Å². The largest absolute Gasteiger partial charge is 0.348 e. The maximum Gasteiger partial charge on any atom is 0.251 e. The van der Waals surface area contributed by atoms with Gasteiger partial charge in [-0.2, -0.15) is 0 Å². The minimum atomic E-state index is -0.129. The highest BCUT2D eigenvalue weighted by Gasteiger charge is 2.21. The molecule has 150 valence electrons. The first kappa shape index (κ1) is 21.9. The van der Waals surface area contributed by atoms with Crippen molar-refractivity contribution >= 4 is 29.9 Å². The Hall–Kier alpha value is -2.37. The third-order valence-electron chi connectivity index (χ3n) is 5.08. The maximum atomic E-state index is 12.4. The topological polar surface area (TPSA) is 84.2 Å². The Morgan fingerprint density at radius 3 is 2.36 bits per heavy atom. The summed E-state index contributed by atoms with van der Waals surface area (Å²) in [7, 11) is 0. The molecule has 0 spiro atoms. The van der Waals surface area contributed by atoms with E-state index in [9.17, 15) is 9.59 Å². The molecule has 0 radical (unpaired) electrons. The molecule has 0 aliphatic heterocycles. The zero-order valence-corrected chi connectivity index (χ0v) is 16.8. The molecule has 1 aliphatic carbocycles. The van der Waals surface area contributed by atoms with Crippen LogP contribution in [-0.4, -0.2) is 11.8 Å². The number of carbonyl (C=O) groups excluding carboxylic acids is 2. The van der Waals surface area contributed by atoms with E-state index in [4.69, 9.17) is 5.73 Å². The van der Waals surface area contributed by atoms with Crippen LogP contribution in [0.3, 0.4) is 0 Å². The fourth-order valence-corrected chi connectivity index (χ4v) is 3.44. The highest BCUT2D eigenvalue weighted by atomic mass is 35.5. The highest BCUT2D eigenvalue weighted by Crippen LogP contribution is 2.25. The van der Waals surface area contributed by atoms with Gasteiger partial charge in [0.1, 0.15) is 0 Å². The van der Waals surface area contributed by atoms with Crippen molar-refractivity contribution in [3.05, 3.63) is 65.2 Å². The SMILES string of the molecule is Cl.NCc1ccc(C(=O)NCc2cccc(NC(=O)C3CCCCC3)c2)cc1. The van der Waals surface area contributed by atoms with Crippen molar-refractivity contribution in [3.8, 4) is 0 Å². The zero-order valence-electron chi connectivity index (χ0n) is 15.9. The average molecular weight is 402 g/mol. The van der Waals surface area contributed by atoms with Crippen LogP contribution in [0.4, 0.5) is 5.69 Å². The summed E-state index contributed by atoms with van der Waals surface area (Å²) in [6.45, 7) is 0.867. The van der Waals surface area contributed by atoms with Gasteiger partial charge in [0.25, 0.3) is 5.91 Å². The predicted octanol–water partition coefficient (Wildman–Crippen LogP) is 4.02. The Kier molecular flexibility index (Phi) is 8.48. The number of rotatable bonds is 6. The summed E-state index contributed by atoms with van der Waals surface area (Å²) in [6.07, 6.45) is 5.45. The lowest BCUT2D eigenvalue weighted by atomic mass is 9.88. The lowest BCUT2D eigenvalue weighted by Crippen LogP contribution is -2.25. The first-order chi connectivity index (χ1) is 13.2. The molecule has 3 rings (SSSR count). The minimum Gasteiger partial charge on any atom is -0.348 e. The van der Waals surface area contributed by atoms with Crippen molar-refractivity contribution in [2.75, 3.05) is 5.32 Å². The minimum absolute atomic E-state index is 0. The molecule has 5 nitrogen and oxygen atoms in total. The fraction of sp³-hybridized carbons (Fsp3) is 0.364. The van der Waals surface area contributed by atoms with E-state index in [-0.39, 0.29) is 30.1 Å². The van der Waals surface area contributed by atoms with Gasteiger partial charge in [-0.3, -0.25) is 9.59 Å². The Labute approximate surface area is 172 Å². The molecule has 2 amide bonds. The summed E-state index contributed by atoms with van der Waals surface area (Å²) >= 11 is 0. The van der Waals surface area contributed by atoms with Crippen LogP contribution in [0.15, 0.2) is 48.5 Å². The molecule has 1 fully saturated rings. The maximum absolute atomic E-state index is 12.4. The van der Waals surface area contributed by atoms with Crippen LogP contribution in [-0.2, 0) is 17.9 Å². The molecular formula is C22H28ClN3O2. The zero-order chi connectivity index (χ0) is 19.1. The molecule has 1 aliphatic rings. The summed E-state index contributed by atoms with van der Waals surface area (Å²) in [6, 6.07) is 14.9. The number of anilines is 1. The van der Waals surface area contributed by atoms with Crippen LogP contribution in [0.1, 0.15) is 53.6 Å². The number of amides is 2. The Balaban J connectivity index is 0.00000280. The number of benzene rings is 2. The molecule has 0 aromatic heterocycles.